The van der Waals surface area contributed by atoms with Gasteiger partial charge in [0.25, 0.3) is 5.91 Å². The van der Waals surface area contributed by atoms with Crippen LogP contribution in [0.5, 0.6) is 5.75 Å². The number of fused-ring (bicyclic) bond motifs is 1. The predicted molar refractivity (Wildman–Crippen MR) is 123 cm³/mol. The maximum atomic E-state index is 13.0. The molecule has 2 aliphatic rings. The zero-order chi connectivity index (χ0) is 24.8. The summed E-state index contributed by atoms with van der Waals surface area (Å²) in [6.07, 6.45) is -1.36. The van der Waals surface area contributed by atoms with E-state index in [2.05, 4.69) is 5.32 Å². The lowest BCUT2D eigenvalue weighted by atomic mass is 9.96. The van der Waals surface area contributed by atoms with Crippen LogP contribution in [-0.4, -0.2) is 71.7 Å². The van der Waals surface area contributed by atoms with Crippen molar-refractivity contribution < 1.29 is 33.4 Å². The molecule has 2 aromatic rings. The van der Waals surface area contributed by atoms with Gasteiger partial charge in [0, 0.05) is 6.54 Å². The van der Waals surface area contributed by atoms with Gasteiger partial charge >= 0.3 is 12.1 Å². The molecule has 0 bridgehead atoms. The lowest BCUT2D eigenvalue weighted by Crippen LogP contribution is -2.71. The SMILES string of the molecule is CCCOC(=O)N1CC2[C@H](NC(=O)COc3ccccc3)C(=O)N2C1C(=O)OCc1ccccc1. The van der Waals surface area contributed by atoms with E-state index >= 15 is 0 Å². The van der Waals surface area contributed by atoms with Crippen LogP contribution in [0.3, 0.4) is 0 Å². The number of amides is 3. The Balaban J connectivity index is 1.40. The van der Waals surface area contributed by atoms with E-state index in [1.807, 2.05) is 31.2 Å². The Bertz CT molecular complexity index is 1060. The summed E-state index contributed by atoms with van der Waals surface area (Å²) < 4.78 is 16.1. The molecule has 0 radical (unpaired) electrons. The number of carbonyl (C=O) groups excluding carboxylic acids is 4. The second kappa shape index (κ2) is 10.9. The van der Waals surface area contributed by atoms with E-state index in [-0.39, 0.29) is 26.4 Å². The number of nitrogens with one attached hydrogen (secondary N) is 1. The minimum Gasteiger partial charge on any atom is -0.484 e. The van der Waals surface area contributed by atoms with Crippen LogP contribution in [0.1, 0.15) is 18.9 Å². The monoisotopic (exact) mass is 481 g/mol. The number of benzene rings is 2. The molecule has 3 amide bonds. The highest BCUT2D eigenvalue weighted by molar-refractivity contribution is 5.98. The van der Waals surface area contributed by atoms with E-state index in [0.717, 1.165) is 5.56 Å². The Morgan fingerprint density at radius 2 is 1.69 bits per heavy atom. The largest absolute Gasteiger partial charge is 0.484 e. The van der Waals surface area contributed by atoms with Gasteiger partial charge in [-0.1, -0.05) is 55.5 Å². The lowest BCUT2D eigenvalue weighted by Gasteiger charge is -2.43. The van der Waals surface area contributed by atoms with Crippen LogP contribution in [0.15, 0.2) is 60.7 Å². The van der Waals surface area contributed by atoms with Gasteiger partial charge in [-0.05, 0) is 24.1 Å². The first-order chi connectivity index (χ1) is 17.0. The number of rotatable bonds is 9. The molecule has 0 saturated carbocycles. The molecular weight excluding hydrogens is 454 g/mol. The van der Waals surface area contributed by atoms with Crippen LogP contribution in [0.25, 0.3) is 0 Å². The topological polar surface area (TPSA) is 114 Å². The van der Waals surface area contributed by atoms with Crippen molar-refractivity contribution in [2.75, 3.05) is 19.8 Å². The zero-order valence-corrected chi connectivity index (χ0v) is 19.3. The van der Waals surface area contributed by atoms with Gasteiger partial charge in [-0.3, -0.25) is 14.5 Å². The van der Waals surface area contributed by atoms with Crippen molar-refractivity contribution in [3.63, 3.8) is 0 Å². The Hall–Kier alpha value is -4.08. The van der Waals surface area contributed by atoms with E-state index < -0.39 is 42.1 Å². The molecule has 1 N–H and O–H groups in total. The van der Waals surface area contributed by atoms with Crippen molar-refractivity contribution in [2.45, 2.75) is 38.2 Å². The number of β-lactam (4-membered cyclic amide) rings is 1. The first-order valence-electron chi connectivity index (χ1n) is 11.4. The molecule has 184 valence electrons. The number of esters is 1. The maximum absolute atomic E-state index is 13.0. The fraction of sp³-hybridized carbons (Fsp3) is 0.360. The minimum absolute atomic E-state index is 0.00227. The Labute approximate surface area is 202 Å². The third-order valence-corrected chi connectivity index (χ3v) is 5.73. The van der Waals surface area contributed by atoms with Crippen molar-refractivity contribution in [2.24, 2.45) is 0 Å². The van der Waals surface area contributed by atoms with Crippen LogP contribution in [0.2, 0.25) is 0 Å². The van der Waals surface area contributed by atoms with Gasteiger partial charge < -0.3 is 24.4 Å². The summed E-state index contributed by atoms with van der Waals surface area (Å²) in [6.45, 7) is 1.78. The van der Waals surface area contributed by atoms with Gasteiger partial charge in [0.1, 0.15) is 18.4 Å². The van der Waals surface area contributed by atoms with E-state index in [0.29, 0.717) is 12.2 Å². The number of para-hydroxylation sites is 1. The van der Waals surface area contributed by atoms with Gasteiger partial charge in [-0.25, -0.2) is 9.59 Å². The number of nitrogens with zero attached hydrogens (tertiary/aromatic N) is 2. The first kappa shape index (κ1) is 24.1. The first-order valence-corrected chi connectivity index (χ1v) is 11.4. The van der Waals surface area contributed by atoms with Gasteiger partial charge in [0.2, 0.25) is 12.1 Å². The fourth-order valence-electron chi connectivity index (χ4n) is 4.04. The Kier molecular flexibility index (Phi) is 7.49. The second-order valence-electron chi connectivity index (χ2n) is 8.19. The minimum atomic E-state index is -1.26. The number of hydrogen-bond donors (Lipinski definition) is 1. The molecule has 2 fully saturated rings. The van der Waals surface area contributed by atoms with Crippen LogP contribution in [0, 0.1) is 0 Å². The summed E-state index contributed by atoms with van der Waals surface area (Å²) >= 11 is 0. The summed E-state index contributed by atoms with van der Waals surface area (Å²) in [7, 11) is 0. The second-order valence-corrected chi connectivity index (χ2v) is 8.19. The predicted octanol–water partition coefficient (Wildman–Crippen LogP) is 1.69. The van der Waals surface area contributed by atoms with Gasteiger partial charge in [0.15, 0.2) is 6.61 Å². The van der Waals surface area contributed by atoms with Crippen molar-refractivity contribution in [1.29, 1.82) is 0 Å². The van der Waals surface area contributed by atoms with Gasteiger partial charge in [-0.2, -0.15) is 0 Å². The van der Waals surface area contributed by atoms with Crippen LogP contribution in [0.4, 0.5) is 4.79 Å². The number of hydrogen-bond acceptors (Lipinski definition) is 7. The quantitative estimate of drug-likeness (QED) is 0.428. The highest BCUT2D eigenvalue weighted by atomic mass is 16.6. The zero-order valence-electron chi connectivity index (χ0n) is 19.3. The molecule has 35 heavy (non-hydrogen) atoms. The van der Waals surface area contributed by atoms with E-state index in [9.17, 15) is 19.2 Å². The number of ether oxygens (including phenoxy) is 3. The van der Waals surface area contributed by atoms with Crippen molar-refractivity contribution in [3.8, 4) is 5.75 Å². The van der Waals surface area contributed by atoms with Gasteiger partial charge in [-0.15, -0.1) is 0 Å². The van der Waals surface area contributed by atoms with Crippen LogP contribution >= 0.6 is 0 Å². The molecule has 0 spiro atoms. The van der Waals surface area contributed by atoms with E-state index in [4.69, 9.17) is 14.2 Å². The molecule has 4 rings (SSSR count). The average molecular weight is 482 g/mol. The molecule has 2 aromatic carbocycles. The molecule has 10 heteroatoms. The summed E-state index contributed by atoms with van der Waals surface area (Å²) in [4.78, 5) is 53.4. The summed E-state index contributed by atoms with van der Waals surface area (Å²) in [5, 5.41) is 2.64. The molecule has 2 heterocycles. The molecule has 3 atom stereocenters. The Morgan fingerprint density at radius 1 is 1.00 bits per heavy atom. The molecule has 0 aliphatic carbocycles. The smallest absolute Gasteiger partial charge is 0.411 e. The summed E-state index contributed by atoms with van der Waals surface area (Å²) in [5.74, 6) is -1.18. The third kappa shape index (κ3) is 5.37. The fourth-order valence-corrected chi connectivity index (χ4v) is 4.04. The molecule has 10 nitrogen and oxygen atoms in total. The molecule has 2 aliphatic heterocycles. The van der Waals surface area contributed by atoms with E-state index in [1.165, 1.54) is 9.80 Å². The third-order valence-electron chi connectivity index (χ3n) is 5.73. The standard InChI is InChI=1S/C25H27N3O7/c1-2-13-33-25(32)27-14-19-21(26-20(29)16-34-18-11-7-4-8-12-18)23(30)28(19)22(27)24(31)35-15-17-9-5-3-6-10-17/h3-12,19,21-22H,2,13-16H2,1H3,(H,26,29)/t19?,21-,22?/m0/s1. The normalized spacial score (nSPS) is 20.5. The lowest BCUT2D eigenvalue weighted by molar-refractivity contribution is -0.168. The summed E-state index contributed by atoms with van der Waals surface area (Å²) in [6, 6.07) is 16.4. The molecular formula is C25H27N3O7. The van der Waals surface area contributed by atoms with Gasteiger partial charge in [0.05, 0.1) is 12.6 Å². The number of carbonyl (C=O) groups is 4. The average Bonchev–Trinajstić information content (AvgIpc) is 3.25. The highest BCUT2D eigenvalue weighted by Crippen LogP contribution is 2.34. The molecule has 0 aromatic heterocycles. The van der Waals surface area contributed by atoms with Crippen molar-refractivity contribution in [1.82, 2.24) is 15.1 Å². The highest BCUT2D eigenvalue weighted by Gasteiger charge is 2.61. The molecule has 2 saturated heterocycles. The van der Waals surface area contributed by atoms with Crippen molar-refractivity contribution >= 4 is 23.9 Å². The van der Waals surface area contributed by atoms with Crippen molar-refractivity contribution in [3.05, 3.63) is 66.2 Å². The van der Waals surface area contributed by atoms with Crippen LogP contribution in [-0.2, 0) is 30.5 Å². The molecule has 2 unspecified atom stereocenters. The van der Waals surface area contributed by atoms with E-state index in [1.54, 1.807) is 36.4 Å². The Morgan fingerprint density at radius 3 is 2.37 bits per heavy atom. The summed E-state index contributed by atoms with van der Waals surface area (Å²) in [5.41, 5.74) is 0.772. The maximum Gasteiger partial charge on any atom is 0.411 e. The van der Waals surface area contributed by atoms with Crippen LogP contribution < -0.4 is 10.1 Å².